The number of carbonyl (C=O) groups excluding carboxylic acids is 1. The van der Waals surface area contributed by atoms with Gasteiger partial charge in [0.2, 0.25) is 0 Å². The van der Waals surface area contributed by atoms with Crippen molar-refractivity contribution in [1.82, 2.24) is 9.97 Å². The van der Waals surface area contributed by atoms with E-state index in [-0.39, 0.29) is 5.91 Å². The summed E-state index contributed by atoms with van der Waals surface area (Å²) >= 11 is 0. The van der Waals surface area contributed by atoms with Crippen LogP contribution in [0.3, 0.4) is 0 Å². The Bertz CT molecular complexity index is 861. The average molecular weight is 291 g/mol. The molecule has 1 aromatic carbocycles. The number of carbonyl (C=O) groups is 1. The summed E-state index contributed by atoms with van der Waals surface area (Å²) < 4.78 is 0. The number of nitrogens with zero attached hydrogens (tertiary/aromatic N) is 1. The first kappa shape index (κ1) is 14.1. The van der Waals surface area contributed by atoms with Gasteiger partial charge in [-0.15, -0.1) is 0 Å². The predicted octanol–water partition coefficient (Wildman–Crippen LogP) is 3.91. The fourth-order valence-electron chi connectivity index (χ4n) is 2.52. The molecule has 1 amide bonds. The molecule has 0 radical (unpaired) electrons. The first-order valence-electron chi connectivity index (χ1n) is 7.16. The molecule has 0 saturated carbocycles. The van der Waals surface area contributed by atoms with Crippen LogP contribution in [0.5, 0.6) is 0 Å². The van der Waals surface area contributed by atoms with Crippen molar-refractivity contribution in [2.24, 2.45) is 0 Å². The van der Waals surface area contributed by atoms with E-state index in [9.17, 15) is 4.79 Å². The highest BCUT2D eigenvalue weighted by molar-refractivity contribution is 6.30. The SMILES string of the molecule is C/C=C1\C(=O)Nc2ncccc21.Cc1c[nH]c2ccccc12. The van der Waals surface area contributed by atoms with Crippen molar-refractivity contribution < 1.29 is 4.79 Å². The zero-order chi connectivity index (χ0) is 15.5. The van der Waals surface area contributed by atoms with Crippen LogP contribution in [0.2, 0.25) is 0 Å². The second-order valence-electron chi connectivity index (χ2n) is 5.07. The summed E-state index contributed by atoms with van der Waals surface area (Å²) in [5, 5.41) is 4.00. The van der Waals surface area contributed by atoms with Gasteiger partial charge in [0.1, 0.15) is 5.82 Å². The van der Waals surface area contributed by atoms with Gasteiger partial charge in [-0.05, 0) is 37.6 Å². The summed E-state index contributed by atoms with van der Waals surface area (Å²) in [6.45, 7) is 3.95. The molecule has 22 heavy (non-hydrogen) atoms. The fraction of sp³-hybridized carbons (Fsp3) is 0.111. The molecule has 1 aliphatic rings. The summed E-state index contributed by atoms with van der Waals surface area (Å²) in [5.74, 6) is 0.599. The van der Waals surface area contributed by atoms with E-state index >= 15 is 0 Å². The summed E-state index contributed by atoms with van der Waals surface area (Å²) in [4.78, 5) is 18.5. The Morgan fingerprint density at radius 1 is 1.14 bits per heavy atom. The minimum Gasteiger partial charge on any atom is -0.361 e. The maximum absolute atomic E-state index is 11.2. The maximum atomic E-state index is 11.2. The molecule has 110 valence electrons. The number of aryl methyl sites for hydroxylation is 1. The van der Waals surface area contributed by atoms with Gasteiger partial charge in [0.05, 0.1) is 0 Å². The van der Waals surface area contributed by atoms with Crippen LogP contribution in [0.4, 0.5) is 5.82 Å². The molecule has 0 aliphatic carbocycles. The summed E-state index contributed by atoms with van der Waals surface area (Å²) in [7, 11) is 0. The van der Waals surface area contributed by atoms with Gasteiger partial charge >= 0.3 is 0 Å². The number of benzene rings is 1. The van der Waals surface area contributed by atoms with E-state index in [1.54, 1.807) is 12.3 Å². The number of nitrogens with one attached hydrogen (secondary N) is 2. The monoisotopic (exact) mass is 291 g/mol. The molecular formula is C18H17N3O. The molecule has 0 atom stereocenters. The van der Waals surface area contributed by atoms with Gasteiger partial charge in [-0.2, -0.15) is 0 Å². The predicted molar refractivity (Wildman–Crippen MR) is 89.6 cm³/mol. The highest BCUT2D eigenvalue weighted by atomic mass is 16.2. The van der Waals surface area contributed by atoms with E-state index < -0.39 is 0 Å². The summed E-state index contributed by atoms with van der Waals surface area (Å²) in [5.41, 5.74) is 4.14. The lowest BCUT2D eigenvalue weighted by Gasteiger charge is -1.92. The van der Waals surface area contributed by atoms with Gasteiger partial charge in [0.15, 0.2) is 0 Å². The van der Waals surface area contributed by atoms with E-state index in [1.165, 1.54) is 16.5 Å². The van der Waals surface area contributed by atoms with Crippen molar-refractivity contribution in [3.8, 4) is 0 Å². The molecule has 0 saturated heterocycles. The molecule has 2 aromatic heterocycles. The Morgan fingerprint density at radius 2 is 1.95 bits per heavy atom. The van der Waals surface area contributed by atoms with E-state index in [4.69, 9.17) is 0 Å². The molecule has 3 aromatic rings. The molecule has 2 N–H and O–H groups in total. The van der Waals surface area contributed by atoms with Gasteiger partial charge in [-0.3, -0.25) is 4.79 Å². The van der Waals surface area contributed by atoms with Crippen LogP contribution in [-0.2, 0) is 4.79 Å². The zero-order valence-electron chi connectivity index (χ0n) is 12.6. The third kappa shape index (κ3) is 2.51. The molecule has 4 rings (SSSR count). The van der Waals surface area contributed by atoms with E-state index in [0.717, 1.165) is 5.56 Å². The van der Waals surface area contributed by atoms with Gasteiger partial charge < -0.3 is 10.3 Å². The lowest BCUT2D eigenvalue weighted by atomic mass is 10.1. The van der Waals surface area contributed by atoms with Gasteiger partial charge in [0.25, 0.3) is 5.91 Å². The molecule has 0 spiro atoms. The highest BCUT2D eigenvalue weighted by Crippen LogP contribution is 2.28. The zero-order valence-corrected chi connectivity index (χ0v) is 12.6. The Kier molecular flexibility index (Phi) is 3.74. The van der Waals surface area contributed by atoms with Crippen LogP contribution < -0.4 is 5.32 Å². The molecule has 0 fully saturated rings. The van der Waals surface area contributed by atoms with Crippen LogP contribution in [0.1, 0.15) is 18.1 Å². The van der Waals surface area contributed by atoms with Gasteiger partial charge in [0, 0.05) is 34.4 Å². The highest BCUT2D eigenvalue weighted by Gasteiger charge is 2.23. The average Bonchev–Trinajstić information content (AvgIpc) is 3.08. The molecule has 0 bridgehead atoms. The number of aromatic nitrogens is 2. The first-order chi connectivity index (χ1) is 10.7. The number of H-pyrrole nitrogens is 1. The second kappa shape index (κ2) is 5.85. The van der Waals surface area contributed by atoms with Crippen LogP contribution in [-0.4, -0.2) is 15.9 Å². The van der Waals surface area contributed by atoms with Crippen LogP contribution >= 0.6 is 0 Å². The Labute approximate surface area is 128 Å². The normalized spacial score (nSPS) is 14.5. The summed E-state index contributed by atoms with van der Waals surface area (Å²) in [6.07, 6.45) is 5.49. The fourth-order valence-corrected chi connectivity index (χ4v) is 2.52. The lowest BCUT2D eigenvalue weighted by molar-refractivity contribution is -0.110. The van der Waals surface area contributed by atoms with Crippen molar-refractivity contribution >= 4 is 28.2 Å². The van der Waals surface area contributed by atoms with Crippen LogP contribution in [0, 0.1) is 6.92 Å². The molecular weight excluding hydrogens is 274 g/mol. The standard InChI is InChI=1S/C9H8N2O.C9H9N/c1-2-6-7-4-3-5-10-8(7)11-9(6)12;1-7-6-10-9-5-3-2-4-8(7)9/h2-5H,1H3,(H,10,11,12);2-6,10H,1H3/b6-2-;. The number of pyridine rings is 1. The topological polar surface area (TPSA) is 57.8 Å². The maximum Gasteiger partial charge on any atom is 0.257 e. The number of hydrogen-bond donors (Lipinski definition) is 2. The Morgan fingerprint density at radius 3 is 2.73 bits per heavy atom. The largest absolute Gasteiger partial charge is 0.361 e. The third-order valence-corrected chi connectivity index (χ3v) is 3.66. The molecule has 4 heteroatoms. The Balaban J connectivity index is 0.000000133. The number of fused-ring (bicyclic) bond motifs is 2. The van der Waals surface area contributed by atoms with Gasteiger partial charge in [-0.1, -0.05) is 24.3 Å². The number of amides is 1. The van der Waals surface area contributed by atoms with E-state index in [0.29, 0.717) is 11.4 Å². The van der Waals surface area contributed by atoms with Crippen molar-refractivity contribution in [3.63, 3.8) is 0 Å². The first-order valence-corrected chi connectivity index (χ1v) is 7.16. The number of allylic oxidation sites excluding steroid dienone is 1. The minimum atomic E-state index is -0.0637. The van der Waals surface area contributed by atoms with Gasteiger partial charge in [-0.25, -0.2) is 4.98 Å². The van der Waals surface area contributed by atoms with E-state index in [1.807, 2.05) is 31.3 Å². The summed E-state index contributed by atoms with van der Waals surface area (Å²) in [6, 6.07) is 12.0. The lowest BCUT2D eigenvalue weighted by Crippen LogP contribution is -2.03. The molecule has 0 unspecified atom stereocenters. The minimum absolute atomic E-state index is 0.0637. The number of aromatic amines is 1. The van der Waals surface area contributed by atoms with E-state index in [2.05, 4.69) is 40.4 Å². The van der Waals surface area contributed by atoms with Crippen molar-refractivity contribution in [1.29, 1.82) is 0 Å². The molecule has 4 nitrogen and oxygen atoms in total. The number of hydrogen-bond acceptors (Lipinski definition) is 2. The van der Waals surface area contributed by atoms with Crippen molar-refractivity contribution in [2.45, 2.75) is 13.8 Å². The number of anilines is 1. The quantitative estimate of drug-likeness (QED) is 0.617. The second-order valence-corrected chi connectivity index (χ2v) is 5.07. The van der Waals surface area contributed by atoms with Crippen LogP contribution in [0.25, 0.3) is 16.5 Å². The number of rotatable bonds is 0. The van der Waals surface area contributed by atoms with Crippen LogP contribution in [0.15, 0.2) is 54.9 Å². The third-order valence-electron chi connectivity index (χ3n) is 3.66. The molecule has 1 aliphatic heterocycles. The van der Waals surface area contributed by atoms with Crippen molar-refractivity contribution in [2.75, 3.05) is 5.32 Å². The molecule has 3 heterocycles. The van der Waals surface area contributed by atoms with Crippen molar-refractivity contribution in [3.05, 3.63) is 66.0 Å². The Hall–Kier alpha value is -2.88. The number of para-hydroxylation sites is 1. The smallest absolute Gasteiger partial charge is 0.257 e.